The molecule has 1 N–H and O–H groups in total. The Bertz CT molecular complexity index is 1330. The molecule has 0 radical (unpaired) electrons. The van der Waals surface area contributed by atoms with Crippen molar-refractivity contribution in [3.05, 3.63) is 47.2 Å². The highest BCUT2D eigenvalue weighted by molar-refractivity contribution is 7.91. The van der Waals surface area contributed by atoms with Gasteiger partial charge in [0.05, 0.1) is 11.6 Å². The second kappa shape index (κ2) is 8.70. The highest BCUT2D eigenvalue weighted by Gasteiger charge is 2.34. The smallest absolute Gasteiger partial charge is 0.252 e. The molecule has 9 nitrogen and oxygen atoms in total. The number of piperidine rings is 1. The Labute approximate surface area is 195 Å². The number of benzene rings is 1. The maximum Gasteiger partial charge on any atom is 0.252 e. The lowest BCUT2D eigenvalue weighted by Crippen LogP contribution is -2.41. The molecule has 2 aromatic heterocycles. The number of hydrogen-bond acceptors (Lipinski definition) is 8. The summed E-state index contributed by atoms with van der Waals surface area (Å²) in [7, 11) is -3.67. The zero-order valence-electron chi connectivity index (χ0n) is 17.6. The topological polar surface area (TPSA) is 129 Å². The number of sulfonamides is 1. The molecule has 3 heterocycles. The third kappa shape index (κ3) is 4.55. The lowest BCUT2D eigenvalue weighted by atomic mass is 9.97. The summed E-state index contributed by atoms with van der Waals surface area (Å²) in [6.07, 6.45) is 2.95. The van der Waals surface area contributed by atoms with Gasteiger partial charge < -0.3 is 9.84 Å². The van der Waals surface area contributed by atoms with Gasteiger partial charge in [0.1, 0.15) is 4.21 Å². The van der Waals surface area contributed by atoms with E-state index in [4.69, 9.17) is 9.78 Å². The average molecular weight is 484 g/mol. The van der Waals surface area contributed by atoms with Gasteiger partial charge in [0.15, 0.2) is 0 Å². The van der Waals surface area contributed by atoms with Gasteiger partial charge >= 0.3 is 0 Å². The molecule has 1 amide bonds. The van der Waals surface area contributed by atoms with Gasteiger partial charge in [0, 0.05) is 41.6 Å². The molecule has 0 unspecified atom stereocenters. The number of rotatable bonds is 6. The third-order valence-corrected chi connectivity index (χ3v) is 9.19. The van der Waals surface area contributed by atoms with Crippen LogP contribution in [0.5, 0.6) is 0 Å². The van der Waals surface area contributed by atoms with Crippen molar-refractivity contribution in [2.75, 3.05) is 18.4 Å². The molecule has 1 saturated heterocycles. The van der Waals surface area contributed by atoms with Crippen molar-refractivity contribution in [3.63, 3.8) is 0 Å². The van der Waals surface area contributed by atoms with E-state index in [-0.39, 0.29) is 29.1 Å². The van der Waals surface area contributed by atoms with E-state index in [0.29, 0.717) is 47.3 Å². The molecule has 1 saturated carbocycles. The lowest BCUT2D eigenvalue weighted by molar-refractivity contribution is -0.120. The Morgan fingerprint density at radius 1 is 1.21 bits per heavy atom. The first-order chi connectivity index (χ1) is 15.9. The number of thiophene rings is 1. The van der Waals surface area contributed by atoms with Crippen molar-refractivity contribution >= 4 is 33.0 Å². The first kappa shape index (κ1) is 21.8. The fraction of sp³-hybridized carbons (Fsp3) is 0.364. The van der Waals surface area contributed by atoms with Crippen molar-refractivity contribution in [1.82, 2.24) is 14.4 Å². The van der Waals surface area contributed by atoms with Crippen LogP contribution in [0, 0.1) is 17.2 Å². The number of amides is 1. The van der Waals surface area contributed by atoms with Gasteiger partial charge in [-0.15, -0.1) is 11.3 Å². The molecule has 0 spiro atoms. The molecule has 0 bridgehead atoms. The minimum Gasteiger partial charge on any atom is -0.339 e. The molecule has 170 valence electrons. The largest absolute Gasteiger partial charge is 0.339 e. The first-order valence-electron chi connectivity index (χ1n) is 10.7. The van der Waals surface area contributed by atoms with Crippen LogP contribution in [-0.2, 0) is 14.8 Å². The Morgan fingerprint density at radius 2 is 2.00 bits per heavy atom. The zero-order chi connectivity index (χ0) is 23.0. The summed E-state index contributed by atoms with van der Waals surface area (Å²) in [6, 6.07) is 10.3. The number of carbonyl (C=O) groups excluding carboxylic acids is 1. The van der Waals surface area contributed by atoms with Gasteiger partial charge in [0.25, 0.3) is 10.0 Å². The molecule has 1 aliphatic heterocycles. The predicted molar refractivity (Wildman–Crippen MR) is 121 cm³/mol. The Kier molecular flexibility index (Phi) is 5.74. The van der Waals surface area contributed by atoms with Crippen LogP contribution in [-0.4, -0.2) is 41.9 Å². The van der Waals surface area contributed by atoms with Crippen LogP contribution < -0.4 is 5.32 Å². The molecule has 1 aliphatic carbocycles. The molecular weight excluding hydrogens is 462 g/mol. The van der Waals surface area contributed by atoms with Gasteiger partial charge in [-0.25, -0.2) is 8.42 Å². The highest BCUT2D eigenvalue weighted by atomic mass is 32.2. The van der Waals surface area contributed by atoms with Crippen LogP contribution in [0.25, 0.3) is 11.4 Å². The van der Waals surface area contributed by atoms with Crippen molar-refractivity contribution in [2.24, 2.45) is 5.92 Å². The van der Waals surface area contributed by atoms with Crippen LogP contribution in [0.1, 0.15) is 43.1 Å². The average Bonchev–Trinajstić information content (AvgIpc) is 3.34. The monoisotopic (exact) mass is 483 g/mol. The summed E-state index contributed by atoms with van der Waals surface area (Å²) in [4.78, 5) is 17.0. The molecule has 5 rings (SSSR count). The number of hydrogen-bond donors (Lipinski definition) is 1. The van der Waals surface area contributed by atoms with Gasteiger partial charge in [-0.2, -0.15) is 14.6 Å². The molecule has 0 atom stereocenters. The van der Waals surface area contributed by atoms with Gasteiger partial charge in [-0.05, 0) is 49.9 Å². The minimum atomic E-state index is -3.67. The van der Waals surface area contributed by atoms with Crippen LogP contribution in [0.3, 0.4) is 0 Å². The molecule has 1 aromatic carbocycles. The first-order valence-corrected chi connectivity index (χ1v) is 13.0. The minimum absolute atomic E-state index is 0.163. The quantitative estimate of drug-likeness (QED) is 0.567. The van der Waals surface area contributed by atoms with E-state index in [2.05, 4.69) is 15.5 Å². The van der Waals surface area contributed by atoms with Gasteiger partial charge in [0.2, 0.25) is 17.6 Å². The molecule has 2 aliphatic rings. The summed E-state index contributed by atoms with van der Waals surface area (Å²) < 4.78 is 33.2. The second-order valence-corrected chi connectivity index (χ2v) is 11.3. The maximum atomic E-state index is 13.1. The molecule has 2 fully saturated rings. The van der Waals surface area contributed by atoms with Crippen LogP contribution in [0.15, 0.2) is 44.4 Å². The summed E-state index contributed by atoms with van der Waals surface area (Å²) in [6.45, 7) is 0.528. The maximum absolute atomic E-state index is 13.1. The summed E-state index contributed by atoms with van der Waals surface area (Å²) in [5, 5.41) is 17.5. The Balaban J connectivity index is 1.21. The van der Waals surface area contributed by atoms with Crippen molar-refractivity contribution in [2.45, 2.75) is 35.8 Å². The normalized spacial score (nSPS) is 17.5. The SMILES string of the molecule is N#Cc1cccc(NC(=O)C2CCN(S(=O)(=O)c3cc(-c4noc(C5CC5)n4)cs3)CC2)c1. The number of nitriles is 1. The summed E-state index contributed by atoms with van der Waals surface area (Å²) in [5.74, 6) is 0.901. The number of carbonyl (C=O) groups is 1. The van der Waals surface area contributed by atoms with Crippen LogP contribution >= 0.6 is 11.3 Å². The number of anilines is 1. The standard InChI is InChI=1S/C22H21N5O4S2/c23-12-14-2-1-3-18(10-14)24-21(28)15-6-8-27(9-7-15)33(29,30)19-11-17(13-32-19)20-25-22(31-26-20)16-4-5-16/h1-3,10-11,13,15-16H,4-9H2,(H,24,28). The van der Waals surface area contributed by atoms with E-state index in [1.165, 1.54) is 4.31 Å². The van der Waals surface area contributed by atoms with Crippen molar-refractivity contribution in [1.29, 1.82) is 5.26 Å². The number of nitrogens with zero attached hydrogens (tertiary/aromatic N) is 4. The van der Waals surface area contributed by atoms with E-state index >= 15 is 0 Å². The predicted octanol–water partition coefficient (Wildman–Crippen LogP) is 3.59. The fourth-order valence-electron chi connectivity index (χ4n) is 3.81. The fourth-order valence-corrected chi connectivity index (χ4v) is 6.59. The van der Waals surface area contributed by atoms with Crippen molar-refractivity contribution < 1.29 is 17.7 Å². The van der Waals surface area contributed by atoms with Gasteiger partial charge in [-0.1, -0.05) is 11.2 Å². The molecule has 3 aromatic rings. The second-order valence-electron chi connectivity index (χ2n) is 8.25. The molecular formula is C22H21N5O4S2. The Hall–Kier alpha value is -3.07. The van der Waals surface area contributed by atoms with Gasteiger partial charge in [-0.3, -0.25) is 4.79 Å². The summed E-state index contributed by atoms with van der Waals surface area (Å²) >= 11 is 1.13. The number of nitrogens with one attached hydrogen (secondary N) is 1. The zero-order valence-corrected chi connectivity index (χ0v) is 19.2. The van der Waals surface area contributed by atoms with E-state index in [1.54, 1.807) is 35.7 Å². The van der Waals surface area contributed by atoms with E-state index in [9.17, 15) is 13.2 Å². The summed E-state index contributed by atoms with van der Waals surface area (Å²) in [5.41, 5.74) is 1.66. The van der Waals surface area contributed by atoms with E-state index < -0.39 is 10.0 Å². The van der Waals surface area contributed by atoms with Crippen LogP contribution in [0.4, 0.5) is 5.69 Å². The van der Waals surface area contributed by atoms with Crippen molar-refractivity contribution in [3.8, 4) is 17.5 Å². The highest BCUT2D eigenvalue weighted by Crippen LogP contribution is 2.40. The van der Waals surface area contributed by atoms with E-state index in [0.717, 1.165) is 24.2 Å². The van der Waals surface area contributed by atoms with E-state index in [1.807, 2.05) is 6.07 Å². The number of aromatic nitrogens is 2. The third-order valence-electron chi connectivity index (χ3n) is 5.88. The Morgan fingerprint density at radius 3 is 2.73 bits per heavy atom. The molecule has 33 heavy (non-hydrogen) atoms. The lowest BCUT2D eigenvalue weighted by Gasteiger charge is -2.30. The van der Waals surface area contributed by atoms with Crippen LogP contribution in [0.2, 0.25) is 0 Å². The molecule has 11 heteroatoms.